The topological polar surface area (TPSA) is 76.9 Å². The molecule has 1 heterocycles. The van der Waals surface area contributed by atoms with Crippen LogP contribution in [0, 0.1) is 18.4 Å². The second-order valence-corrected chi connectivity index (χ2v) is 3.49. The number of aliphatic imine (C=N–C) groups is 1. The lowest BCUT2D eigenvalue weighted by Gasteiger charge is -2.00. The first-order chi connectivity index (χ1) is 6.77. The van der Waals surface area contributed by atoms with Crippen molar-refractivity contribution in [3.63, 3.8) is 0 Å². The van der Waals surface area contributed by atoms with Gasteiger partial charge in [-0.2, -0.15) is 5.26 Å². The highest BCUT2D eigenvalue weighted by molar-refractivity contribution is 8.13. The van der Waals surface area contributed by atoms with Crippen LogP contribution in [0.3, 0.4) is 0 Å². The number of nitrogens with zero attached hydrogens (tertiary/aromatic N) is 3. The number of nitriles is 1. The summed E-state index contributed by atoms with van der Waals surface area (Å²) in [7, 11) is 1.64. The average Bonchev–Trinajstić information content (AvgIpc) is 2.59. The fraction of sp³-hybridized carbons (Fsp3) is 0.375. The van der Waals surface area contributed by atoms with Crippen molar-refractivity contribution in [1.29, 1.82) is 5.26 Å². The molecule has 0 radical (unpaired) electrons. The predicted octanol–water partition coefficient (Wildman–Crippen LogP) is 1.01. The zero-order valence-electron chi connectivity index (χ0n) is 8.03. The Morgan fingerprint density at radius 1 is 1.86 bits per heavy atom. The van der Waals surface area contributed by atoms with Crippen LogP contribution in [0.5, 0.6) is 0 Å². The van der Waals surface area contributed by atoms with Crippen LogP contribution < -0.4 is 5.32 Å². The minimum atomic E-state index is 0.606. The number of aryl methyl sites for hydroxylation is 1. The number of H-pyrrole nitrogens is 1. The normalized spacial score (nSPS) is 11.1. The van der Waals surface area contributed by atoms with Crippen molar-refractivity contribution in [3.8, 4) is 6.19 Å². The molecule has 0 aliphatic heterocycles. The number of nitrogens with one attached hydrogen (secondary N) is 2. The Morgan fingerprint density at radius 3 is 3.14 bits per heavy atom. The molecule has 0 fully saturated rings. The first-order valence-corrected chi connectivity index (χ1v) is 5.00. The summed E-state index contributed by atoms with van der Waals surface area (Å²) >= 11 is 1.45. The van der Waals surface area contributed by atoms with Crippen LogP contribution in [0.15, 0.2) is 11.3 Å². The Bertz CT molecular complexity index is 362. The molecular formula is C8H11N5S. The van der Waals surface area contributed by atoms with Gasteiger partial charge < -0.3 is 4.98 Å². The largest absolute Gasteiger partial charge is 0.348 e. The number of hydrogen-bond acceptors (Lipinski definition) is 4. The van der Waals surface area contributed by atoms with Crippen LogP contribution in [0.4, 0.5) is 0 Å². The molecule has 0 saturated heterocycles. The van der Waals surface area contributed by atoms with Gasteiger partial charge in [0.05, 0.1) is 12.0 Å². The van der Waals surface area contributed by atoms with Gasteiger partial charge in [-0.15, -0.1) is 0 Å². The first-order valence-electron chi connectivity index (χ1n) is 4.01. The molecule has 1 aromatic rings. The van der Waals surface area contributed by atoms with Crippen LogP contribution in [-0.2, 0) is 5.75 Å². The summed E-state index contributed by atoms with van der Waals surface area (Å²) in [6, 6.07) is 0. The maximum Gasteiger partial charge on any atom is 0.183 e. The SMILES string of the molecule is CN=C(NC#N)SCc1nc[nH]c1C. The van der Waals surface area contributed by atoms with E-state index in [1.807, 2.05) is 13.1 Å². The monoisotopic (exact) mass is 209 g/mol. The summed E-state index contributed by atoms with van der Waals surface area (Å²) in [5.74, 6) is 0.705. The molecule has 14 heavy (non-hydrogen) atoms. The second kappa shape index (κ2) is 5.29. The van der Waals surface area contributed by atoms with Gasteiger partial charge in [-0.3, -0.25) is 10.3 Å². The molecule has 2 N–H and O–H groups in total. The van der Waals surface area contributed by atoms with Crippen molar-refractivity contribution >= 4 is 16.9 Å². The fourth-order valence-electron chi connectivity index (χ4n) is 0.874. The fourth-order valence-corrected chi connectivity index (χ4v) is 1.69. The maximum absolute atomic E-state index is 8.40. The average molecular weight is 209 g/mol. The van der Waals surface area contributed by atoms with Crippen molar-refractivity contribution in [1.82, 2.24) is 15.3 Å². The van der Waals surface area contributed by atoms with E-state index in [0.29, 0.717) is 10.9 Å². The van der Waals surface area contributed by atoms with Gasteiger partial charge in [-0.25, -0.2) is 4.98 Å². The predicted molar refractivity (Wildman–Crippen MR) is 56.7 cm³/mol. The van der Waals surface area contributed by atoms with Gasteiger partial charge in [0.15, 0.2) is 11.4 Å². The van der Waals surface area contributed by atoms with E-state index < -0.39 is 0 Å². The number of imidazole rings is 1. The summed E-state index contributed by atoms with van der Waals surface area (Å²) in [4.78, 5) is 11.0. The molecule has 0 aromatic carbocycles. The number of aromatic nitrogens is 2. The Labute approximate surface area is 86.6 Å². The number of aromatic amines is 1. The van der Waals surface area contributed by atoms with E-state index >= 15 is 0 Å². The zero-order chi connectivity index (χ0) is 10.4. The molecule has 0 unspecified atom stereocenters. The molecule has 5 nitrogen and oxygen atoms in total. The Balaban J connectivity index is 2.49. The van der Waals surface area contributed by atoms with E-state index in [0.717, 1.165) is 11.4 Å². The number of rotatable bonds is 2. The molecule has 0 bridgehead atoms. The van der Waals surface area contributed by atoms with Crippen LogP contribution in [-0.4, -0.2) is 22.2 Å². The molecule has 74 valence electrons. The quantitative estimate of drug-likeness (QED) is 0.330. The maximum atomic E-state index is 8.40. The van der Waals surface area contributed by atoms with E-state index in [1.165, 1.54) is 11.8 Å². The number of amidine groups is 1. The smallest absolute Gasteiger partial charge is 0.183 e. The van der Waals surface area contributed by atoms with E-state index in [-0.39, 0.29) is 0 Å². The highest BCUT2D eigenvalue weighted by Gasteiger charge is 2.03. The van der Waals surface area contributed by atoms with Crippen molar-refractivity contribution in [3.05, 3.63) is 17.7 Å². The molecule has 0 aliphatic rings. The Morgan fingerprint density at radius 2 is 2.64 bits per heavy atom. The van der Waals surface area contributed by atoms with E-state index in [9.17, 15) is 0 Å². The van der Waals surface area contributed by atoms with Crippen molar-refractivity contribution in [2.24, 2.45) is 4.99 Å². The summed E-state index contributed by atoms with van der Waals surface area (Å²) in [6.07, 6.45) is 3.49. The van der Waals surface area contributed by atoms with Gasteiger partial charge in [0.2, 0.25) is 0 Å². The lowest BCUT2D eigenvalue weighted by molar-refractivity contribution is 1.19. The third-order valence-corrected chi connectivity index (χ3v) is 2.62. The molecule has 0 saturated carbocycles. The van der Waals surface area contributed by atoms with Crippen molar-refractivity contribution in [2.75, 3.05) is 7.05 Å². The summed E-state index contributed by atoms with van der Waals surface area (Å²) in [5.41, 5.74) is 2.03. The van der Waals surface area contributed by atoms with Gasteiger partial charge in [0, 0.05) is 18.5 Å². The Hall–Kier alpha value is -1.48. The summed E-state index contributed by atoms with van der Waals surface area (Å²) < 4.78 is 0. The third kappa shape index (κ3) is 2.78. The van der Waals surface area contributed by atoms with Crippen LogP contribution in [0.2, 0.25) is 0 Å². The number of thioether (sulfide) groups is 1. The van der Waals surface area contributed by atoms with Crippen molar-refractivity contribution in [2.45, 2.75) is 12.7 Å². The lowest BCUT2D eigenvalue weighted by atomic mass is 10.4. The van der Waals surface area contributed by atoms with E-state index in [4.69, 9.17) is 5.26 Å². The summed E-state index contributed by atoms with van der Waals surface area (Å²) in [5, 5.41) is 11.5. The minimum Gasteiger partial charge on any atom is -0.348 e. The first kappa shape index (κ1) is 10.6. The van der Waals surface area contributed by atoms with Gasteiger partial charge in [0.25, 0.3) is 0 Å². The summed E-state index contributed by atoms with van der Waals surface area (Å²) in [6.45, 7) is 1.96. The highest BCUT2D eigenvalue weighted by atomic mass is 32.2. The van der Waals surface area contributed by atoms with Crippen LogP contribution >= 0.6 is 11.8 Å². The molecule has 6 heteroatoms. The third-order valence-electron chi connectivity index (χ3n) is 1.65. The van der Waals surface area contributed by atoms with Crippen molar-refractivity contribution < 1.29 is 0 Å². The highest BCUT2D eigenvalue weighted by Crippen LogP contribution is 2.12. The van der Waals surface area contributed by atoms with E-state index in [1.54, 1.807) is 13.4 Å². The molecule has 0 atom stereocenters. The van der Waals surface area contributed by atoms with Gasteiger partial charge >= 0.3 is 0 Å². The van der Waals surface area contributed by atoms with Crippen LogP contribution in [0.25, 0.3) is 0 Å². The van der Waals surface area contributed by atoms with Gasteiger partial charge in [-0.1, -0.05) is 11.8 Å². The lowest BCUT2D eigenvalue weighted by Crippen LogP contribution is -2.13. The van der Waals surface area contributed by atoms with Gasteiger partial charge in [0.1, 0.15) is 0 Å². The Kier molecular flexibility index (Phi) is 4.01. The molecule has 1 rings (SSSR count). The molecule has 0 aliphatic carbocycles. The van der Waals surface area contributed by atoms with E-state index in [2.05, 4.69) is 20.3 Å². The van der Waals surface area contributed by atoms with Crippen LogP contribution in [0.1, 0.15) is 11.4 Å². The number of hydrogen-bond donors (Lipinski definition) is 2. The molecule has 1 aromatic heterocycles. The molecule has 0 spiro atoms. The van der Waals surface area contributed by atoms with Gasteiger partial charge in [-0.05, 0) is 6.92 Å². The standard InChI is InChI=1S/C8H11N5S/c1-6-7(13-5-12-6)3-14-8(10-2)11-4-9/h5H,3H2,1-2H3,(H,10,11)(H,12,13). The second-order valence-electron chi connectivity index (χ2n) is 2.53. The molecular weight excluding hydrogens is 198 g/mol. The zero-order valence-corrected chi connectivity index (χ0v) is 8.85. The molecule has 0 amide bonds. The minimum absolute atomic E-state index is 0.606.